The molecule has 15 heavy (non-hydrogen) atoms. The Bertz CT molecular complexity index is 276. The first-order valence-electron chi connectivity index (χ1n) is 5.86. The van der Waals surface area contributed by atoms with E-state index in [2.05, 4.69) is 43.0 Å². The van der Waals surface area contributed by atoms with E-state index in [9.17, 15) is 0 Å². The fourth-order valence-electron chi connectivity index (χ4n) is 1.45. The van der Waals surface area contributed by atoms with Crippen LogP contribution in [0.2, 0.25) is 0 Å². The molecule has 0 radical (unpaired) electrons. The Balaban J connectivity index is 2.26. The first-order valence-corrected chi connectivity index (χ1v) is 5.86. The minimum absolute atomic E-state index is 0.542. The van der Waals surface area contributed by atoms with Crippen molar-refractivity contribution < 1.29 is 0 Å². The zero-order chi connectivity index (χ0) is 11.3. The second-order valence-corrected chi connectivity index (χ2v) is 4.65. The maximum atomic E-state index is 4.37. The highest BCUT2D eigenvalue weighted by Gasteiger charge is 2.03. The molecule has 2 N–H and O–H groups in total. The summed E-state index contributed by atoms with van der Waals surface area (Å²) in [5.41, 5.74) is 1.24. The molecule has 0 aliphatic carbocycles. The second-order valence-electron chi connectivity index (χ2n) is 4.65. The van der Waals surface area contributed by atoms with E-state index in [0.717, 1.165) is 25.2 Å². The Kier molecular flexibility index (Phi) is 4.82. The molecular weight excluding hydrogens is 186 g/mol. The van der Waals surface area contributed by atoms with Crippen LogP contribution in [-0.2, 0) is 6.42 Å². The third-order valence-electron chi connectivity index (χ3n) is 2.41. The van der Waals surface area contributed by atoms with Crippen molar-refractivity contribution in [2.45, 2.75) is 52.5 Å². The maximum absolute atomic E-state index is 4.37. The zero-order valence-corrected chi connectivity index (χ0v) is 10.3. The van der Waals surface area contributed by atoms with Gasteiger partial charge in [0, 0.05) is 24.4 Å². The lowest BCUT2D eigenvalue weighted by molar-refractivity contribution is 0.566. The highest BCUT2D eigenvalue weighted by Crippen LogP contribution is 2.11. The van der Waals surface area contributed by atoms with Crippen LogP contribution in [0.1, 0.15) is 51.6 Å². The fraction of sp³-hybridized carbons (Fsp3) is 0.750. The van der Waals surface area contributed by atoms with Crippen LogP contribution in [0.5, 0.6) is 0 Å². The van der Waals surface area contributed by atoms with E-state index in [1.165, 1.54) is 5.69 Å². The molecule has 1 aromatic rings. The lowest BCUT2D eigenvalue weighted by atomic mass is 10.2. The molecule has 0 unspecified atom stereocenters. The molecule has 1 rings (SSSR count). The van der Waals surface area contributed by atoms with Gasteiger partial charge in [0.25, 0.3) is 0 Å². The van der Waals surface area contributed by atoms with Crippen molar-refractivity contribution in [3.8, 4) is 0 Å². The van der Waals surface area contributed by atoms with E-state index in [0.29, 0.717) is 12.0 Å². The average Bonchev–Trinajstić information content (AvgIpc) is 2.60. The summed E-state index contributed by atoms with van der Waals surface area (Å²) in [5, 5.41) is 3.40. The molecule has 1 heterocycles. The first-order chi connectivity index (χ1) is 7.09. The van der Waals surface area contributed by atoms with Crippen LogP contribution in [0.4, 0.5) is 0 Å². The molecule has 0 fully saturated rings. The van der Waals surface area contributed by atoms with Gasteiger partial charge in [-0.2, -0.15) is 0 Å². The molecule has 86 valence electrons. The Hall–Kier alpha value is -0.830. The van der Waals surface area contributed by atoms with E-state index < -0.39 is 0 Å². The standard InChI is InChI=1S/C12H23N3/c1-9(2)11-8-14-12(15-11)6-5-7-13-10(3)4/h8-10,13H,5-7H2,1-4H3,(H,14,15). The normalized spacial score (nSPS) is 11.6. The third-order valence-corrected chi connectivity index (χ3v) is 2.41. The predicted molar refractivity (Wildman–Crippen MR) is 64.1 cm³/mol. The molecule has 0 saturated carbocycles. The SMILES string of the molecule is CC(C)NCCCc1ncc(C(C)C)[nH]1. The molecule has 3 heteroatoms. The van der Waals surface area contributed by atoms with Crippen molar-refractivity contribution in [2.24, 2.45) is 0 Å². The lowest BCUT2D eigenvalue weighted by Gasteiger charge is -2.06. The van der Waals surface area contributed by atoms with Gasteiger partial charge in [0.1, 0.15) is 5.82 Å². The van der Waals surface area contributed by atoms with E-state index in [-0.39, 0.29) is 0 Å². The number of hydrogen-bond acceptors (Lipinski definition) is 2. The summed E-state index contributed by atoms with van der Waals surface area (Å²) in [6.45, 7) is 9.76. The summed E-state index contributed by atoms with van der Waals surface area (Å²) in [7, 11) is 0. The molecule has 0 bridgehead atoms. The number of hydrogen-bond donors (Lipinski definition) is 2. The van der Waals surface area contributed by atoms with Crippen molar-refractivity contribution in [2.75, 3.05) is 6.54 Å². The third kappa shape index (κ3) is 4.47. The predicted octanol–water partition coefficient (Wildman–Crippen LogP) is 2.46. The minimum Gasteiger partial charge on any atom is -0.346 e. The van der Waals surface area contributed by atoms with E-state index >= 15 is 0 Å². The topological polar surface area (TPSA) is 40.7 Å². The summed E-state index contributed by atoms with van der Waals surface area (Å²) in [4.78, 5) is 7.73. The molecule has 1 aromatic heterocycles. The molecule has 0 atom stereocenters. The number of aryl methyl sites for hydroxylation is 1. The Morgan fingerprint density at radius 1 is 1.33 bits per heavy atom. The number of imidazole rings is 1. The molecule has 3 nitrogen and oxygen atoms in total. The van der Waals surface area contributed by atoms with Crippen LogP contribution >= 0.6 is 0 Å². The molecule has 0 aromatic carbocycles. The number of aromatic amines is 1. The molecular formula is C12H23N3. The number of nitrogens with zero attached hydrogens (tertiary/aromatic N) is 1. The smallest absolute Gasteiger partial charge is 0.106 e. The van der Waals surface area contributed by atoms with Crippen molar-refractivity contribution in [1.29, 1.82) is 0 Å². The van der Waals surface area contributed by atoms with Gasteiger partial charge in [0.15, 0.2) is 0 Å². The summed E-state index contributed by atoms with van der Waals surface area (Å²) in [6, 6.07) is 0.577. The van der Waals surface area contributed by atoms with E-state index in [1.54, 1.807) is 0 Å². The van der Waals surface area contributed by atoms with E-state index in [1.807, 2.05) is 6.20 Å². The van der Waals surface area contributed by atoms with Crippen LogP contribution in [0.3, 0.4) is 0 Å². The maximum Gasteiger partial charge on any atom is 0.106 e. The molecule has 0 aliphatic heterocycles. The highest BCUT2D eigenvalue weighted by molar-refractivity contribution is 5.05. The monoisotopic (exact) mass is 209 g/mol. The lowest BCUT2D eigenvalue weighted by Crippen LogP contribution is -2.24. The van der Waals surface area contributed by atoms with Crippen LogP contribution in [0, 0.1) is 0 Å². The van der Waals surface area contributed by atoms with Crippen LogP contribution in [-0.4, -0.2) is 22.6 Å². The van der Waals surface area contributed by atoms with Crippen molar-refractivity contribution in [1.82, 2.24) is 15.3 Å². The van der Waals surface area contributed by atoms with Gasteiger partial charge in [-0.25, -0.2) is 4.98 Å². The molecule has 0 spiro atoms. The van der Waals surface area contributed by atoms with Gasteiger partial charge in [-0.15, -0.1) is 0 Å². The number of aromatic nitrogens is 2. The van der Waals surface area contributed by atoms with Crippen molar-refractivity contribution in [3.05, 3.63) is 17.7 Å². The summed E-state index contributed by atoms with van der Waals surface area (Å²) in [6.07, 6.45) is 4.13. The van der Waals surface area contributed by atoms with Gasteiger partial charge < -0.3 is 10.3 Å². The van der Waals surface area contributed by atoms with Gasteiger partial charge in [-0.3, -0.25) is 0 Å². The van der Waals surface area contributed by atoms with Gasteiger partial charge in [-0.1, -0.05) is 27.7 Å². The summed E-state index contributed by atoms with van der Waals surface area (Å²) < 4.78 is 0. The van der Waals surface area contributed by atoms with Gasteiger partial charge in [-0.05, 0) is 18.9 Å². The molecule has 0 amide bonds. The number of rotatable bonds is 6. The van der Waals surface area contributed by atoms with Gasteiger partial charge in [0.05, 0.1) is 0 Å². The fourth-order valence-corrected chi connectivity index (χ4v) is 1.45. The largest absolute Gasteiger partial charge is 0.346 e. The molecule has 0 aliphatic rings. The molecule has 0 saturated heterocycles. The van der Waals surface area contributed by atoms with Crippen LogP contribution in [0.15, 0.2) is 6.20 Å². The highest BCUT2D eigenvalue weighted by atomic mass is 14.9. The average molecular weight is 209 g/mol. The number of H-pyrrole nitrogens is 1. The summed E-state index contributed by atoms with van der Waals surface area (Å²) >= 11 is 0. The van der Waals surface area contributed by atoms with Crippen LogP contribution in [0.25, 0.3) is 0 Å². The first kappa shape index (κ1) is 12.2. The van der Waals surface area contributed by atoms with Crippen molar-refractivity contribution >= 4 is 0 Å². The van der Waals surface area contributed by atoms with E-state index in [4.69, 9.17) is 0 Å². The Morgan fingerprint density at radius 3 is 2.60 bits per heavy atom. The van der Waals surface area contributed by atoms with Crippen molar-refractivity contribution in [3.63, 3.8) is 0 Å². The second kappa shape index (κ2) is 5.91. The number of nitrogens with one attached hydrogen (secondary N) is 2. The minimum atomic E-state index is 0.542. The quantitative estimate of drug-likeness (QED) is 0.707. The Labute approximate surface area is 92.7 Å². The Morgan fingerprint density at radius 2 is 2.07 bits per heavy atom. The summed E-state index contributed by atoms with van der Waals surface area (Å²) in [5.74, 6) is 1.66. The van der Waals surface area contributed by atoms with Crippen LogP contribution < -0.4 is 5.32 Å². The zero-order valence-electron chi connectivity index (χ0n) is 10.3. The van der Waals surface area contributed by atoms with Gasteiger partial charge >= 0.3 is 0 Å². The van der Waals surface area contributed by atoms with Gasteiger partial charge in [0.2, 0.25) is 0 Å².